The van der Waals surface area contributed by atoms with Crippen molar-refractivity contribution < 1.29 is 4.74 Å². The lowest BCUT2D eigenvalue weighted by Gasteiger charge is -2.30. The third kappa shape index (κ3) is 1.34. The molecule has 3 rings (SSSR count). The predicted molar refractivity (Wildman–Crippen MR) is 53.8 cm³/mol. The first-order valence-corrected chi connectivity index (χ1v) is 5.08. The molecule has 0 bridgehead atoms. The Balaban J connectivity index is 1.76. The van der Waals surface area contributed by atoms with Crippen LogP contribution < -0.4 is 10.6 Å². The van der Waals surface area contributed by atoms with Crippen LogP contribution in [-0.4, -0.2) is 19.3 Å². The first kappa shape index (κ1) is 8.41. The molecule has 74 valence electrons. The number of fused-ring (bicyclic) bond motifs is 1. The van der Waals surface area contributed by atoms with Crippen molar-refractivity contribution in [3.8, 4) is 0 Å². The maximum atomic E-state index is 5.14. The Kier molecular flexibility index (Phi) is 2.01. The van der Waals surface area contributed by atoms with Gasteiger partial charge < -0.3 is 4.74 Å². The molecule has 1 atom stereocenters. The zero-order chi connectivity index (χ0) is 9.38. The van der Waals surface area contributed by atoms with Crippen LogP contribution in [0, 0.1) is 0 Å². The zero-order valence-electron chi connectivity index (χ0n) is 7.99. The molecule has 0 aromatic heterocycles. The van der Waals surface area contributed by atoms with Crippen molar-refractivity contribution in [2.24, 2.45) is 0 Å². The lowest BCUT2D eigenvalue weighted by Crippen LogP contribution is -2.49. The fraction of sp³-hybridized carbons (Fsp3) is 0.455. The lowest BCUT2D eigenvalue weighted by molar-refractivity contribution is -0.0114. The topological polar surface area (TPSA) is 33.3 Å². The molecule has 1 saturated heterocycles. The van der Waals surface area contributed by atoms with Crippen LogP contribution in [0.25, 0.3) is 0 Å². The van der Waals surface area contributed by atoms with Crippen molar-refractivity contribution in [1.82, 2.24) is 10.6 Å². The van der Waals surface area contributed by atoms with Crippen molar-refractivity contribution in [2.75, 3.05) is 13.2 Å². The minimum atomic E-state index is 0.320. The van der Waals surface area contributed by atoms with E-state index < -0.39 is 0 Å². The number of hydrogen-bond acceptors (Lipinski definition) is 3. The van der Waals surface area contributed by atoms with Crippen LogP contribution in [-0.2, 0) is 11.3 Å². The molecule has 1 fully saturated rings. The summed E-state index contributed by atoms with van der Waals surface area (Å²) in [5.74, 6) is 0. The Morgan fingerprint density at radius 1 is 1.29 bits per heavy atom. The van der Waals surface area contributed by atoms with Crippen molar-refractivity contribution in [3.05, 3.63) is 35.4 Å². The molecule has 2 aliphatic heterocycles. The van der Waals surface area contributed by atoms with Crippen LogP contribution >= 0.6 is 0 Å². The summed E-state index contributed by atoms with van der Waals surface area (Å²) in [6, 6.07) is 9.08. The maximum absolute atomic E-state index is 5.14. The summed E-state index contributed by atoms with van der Waals surface area (Å²) in [5.41, 5.74) is 2.80. The van der Waals surface area contributed by atoms with Crippen LogP contribution in [0.5, 0.6) is 0 Å². The molecular formula is C11H14N2O. The number of rotatable bonds is 2. The average Bonchev–Trinajstić information content (AvgIpc) is 2.55. The van der Waals surface area contributed by atoms with Crippen LogP contribution in [0.1, 0.15) is 17.3 Å². The van der Waals surface area contributed by atoms with Crippen LogP contribution in [0.2, 0.25) is 0 Å². The van der Waals surface area contributed by atoms with E-state index in [1.165, 1.54) is 11.1 Å². The smallest absolute Gasteiger partial charge is 0.0844 e. The lowest BCUT2D eigenvalue weighted by atomic mass is 10.1. The molecule has 0 aliphatic carbocycles. The van der Waals surface area contributed by atoms with E-state index in [1.54, 1.807) is 0 Å². The molecule has 2 heterocycles. The highest BCUT2D eigenvalue weighted by atomic mass is 16.5. The van der Waals surface area contributed by atoms with Gasteiger partial charge in [-0.15, -0.1) is 0 Å². The van der Waals surface area contributed by atoms with Crippen molar-refractivity contribution >= 4 is 0 Å². The summed E-state index contributed by atoms with van der Waals surface area (Å²) in [7, 11) is 0. The first-order valence-electron chi connectivity index (χ1n) is 5.08. The summed E-state index contributed by atoms with van der Waals surface area (Å²) >= 11 is 0. The first-order chi connectivity index (χ1) is 6.93. The van der Waals surface area contributed by atoms with Gasteiger partial charge in [0.15, 0.2) is 0 Å². The summed E-state index contributed by atoms with van der Waals surface area (Å²) in [5, 5.41) is 6.99. The van der Waals surface area contributed by atoms with Gasteiger partial charge in [0.2, 0.25) is 0 Å². The van der Waals surface area contributed by atoms with Crippen molar-refractivity contribution in [1.29, 1.82) is 0 Å². The highest BCUT2D eigenvalue weighted by molar-refractivity contribution is 5.33. The number of benzene rings is 1. The Morgan fingerprint density at radius 3 is 2.93 bits per heavy atom. The van der Waals surface area contributed by atoms with Crippen LogP contribution in [0.15, 0.2) is 24.3 Å². The molecule has 0 spiro atoms. The van der Waals surface area contributed by atoms with Gasteiger partial charge in [0, 0.05) is 6.54 Å². The van der Waals surface area contributed by atoms with Crippen LogP contribution in [0.4, 0.5) is 0 Å². The van der Waals surface area contributed by atoms with Gasteiger partial charge in [0.05, 0.1) is 25.4 Å². The highest BCUT2D eigenvalue weighted by Gasteiger charge is 2.26. The quantitative estimate of drug-likeness (QED) is 0.723. The highest BCUT2D eigenvalue weighted by Crippen LogP contribution is 2.23. The van der Waals surface area contributed by atoms with Gasteiger partial charge in [0.25, 0.3) is 0 Å². The largest absolute Gasteiger partial charge is 0.378 e. The van der Waals surface area contributed by atoms with E-state index in [2.05, 4.69) is 34.9 Å². The van der Waals surface area contributed by atoms with E-state index in [-0.39, 0.29) is 0 Å². The molecule has 3 heteroatoms. The Hall–Kier alpha value is -0.900. The van der Waals surface area contributed by atoms with Gasteiger partial charge in [-0.05, 0) is 11.1 Å². The van der Waals surface area contributed by atoms with Crippen LogP contribution in [0.3, 0.4) is 0 Å². The molecule has 2 N–H and O–H groups in total. The standard InChI is InChI=1S/C11H14N2O/c1-2-4-10-8(3-1)5-12-11(10)13-9-6-14-7-9/h1-4,9,11-13H,5-7H2. The molecule has 2 aliphatic rings. The summed E-state index contributed by atoms with van der Waals surface area (Å²) in [4.78, 5) is 0. The molecule has 0 radical (unpaired) electrons. The third-order valence-electron chi connectivity index (χ3n) is 2.90. The molecular weight excluding hydrogens is 176 g/mol. The molecule has 3 nitrogen and oxygen atoms in total. The summed E-state index contributed by atoms with van der Waals surface area (Å²) < 4.78 is 5.14. The summed E-state index contributed by atoms with van der Waals surface area (Å²) in [6.07, 6.45) is 0.320. The van der Waals surface area contributed by atoms with Crippen molar-refractivity contribution in [3.63, 3.8) is 0 Å². The normalized spacial score (nSPS) is 25.9. The zero-order valence-corrected chi connectivity index (χ0v) is 7.99. The monoisotopic (exact) mass is 190 g/mol. The van der Waals surface area contributed by atoms with E-state index in [9.17, 15) is 0 Å². The fourth-order valence-corrected chi connectivity index (χ4v) is 2.02. The predicted octanol–water partition coefficient (Wildman–Crippen LogP) is 0.777. The van der Waals surface area contributed by atoms with E-state index >= 15 is 0 Å². The average molecular weight is 190 g/mol. The van der Waals surface area contributed by atoms with Gasteiger partial charge in [0.1, 0.15) is 0 Å². The van der Waals surface area contributed by atoms with Gasteiger partial charge in [-0.25, -0.2) is 0 Å². The van der Waals surface area contributed by atoms with Gasteiger partial charge in [-0.3, -0.25) is 10.6 Å². The Morgan fingerprint density at radius 2 is 2.14 bits per heavy atom. The van der Waals surface area contributed by atoms with Gasteiger partial charge in [-0.1, -0.05) is 24.3 Å². The minimum absolute atomic E-state index is 0.320. The Bertz CT molecular complexity index is 336. The van der Waals surface area contributed by atoms with Gasteiger partial charge in [-0.2, -0.15) is 0 Å². The molecule has 0 amide bonds. The minimum Gasteiger partial charge on any atom is -0.378 e. The molecule has 1 unspecified atom stereocenters. The number of nitrogens with one attached hydrogen (secondary N) is 2. The second-order valence-electron chi connectivity index (χ2n) is 3.91. The molecule has 0 saturated carbocycles. The van der Waals surface area contributed by atoms with E-state index in [4.69, 9.17) is 4.74 Å². The van der Waals surface area contributed by atoms with E-state index in [0.29, 0.717) is 12.2 Å². The van der Waals surface area contributed by atoms with Gasteiger partial charge >= 0.3 is 0 Å². The maximum Gasteiger partial charge on any atom is 0.0844 e. The van der Waals surface area contributed by atoms with Crippen molar-refractivity contribution in [2.45, 2.75) is 18.8 Å². The second-order valence-corrected chi connectivity index (χ2v) is 3.91. The summed E-state index contributed by atoms with van der Waals surface area (Å²) in [6.45, 7) is 2.67. The van der Waals surface area contributed by atoms with E-state index in [1.807, 2.05) is 0 Å². The second kappa shape index (κ2) is 3.35. The molecule has 1 aromatic carbocycles. The third-order valence-corrected chi connectivity index (χ3v) is 2.90. The fourth-order valence-electron chi connectivity index (χ4n) is 2.02. The van der Waals surface area contributed by atoms with E-state index in [0.717, 1.165) is 19.8 Å². The molecule has 14 heavy (non-hydrogen) atoms. The number of hydrogen-bond donors (Lipinski definition) is 2. The SMILES string of the molecule is c1ccc2c(c1)CNC2NC1COC1. The molecule has 1 aromatic rings. The Labute approximate surface area is 83.5 Å². The number of ether oxygens (including phenoxy) is 1.